The lowest BCUT2D eigenvalue weighted by Crippen LogP contribution is -2.29. The van der Waals surface area contributed by atoms with Crippen molar-refractivity contribution >= 4 is 17.8 Å². The predicted octanol–water partition coefficient (Wildman–Crippen LogP) is 0.721. The van der Waals surface area contributed by atoms with E-state index in [9.17, 15) is 4.79 Å². The molecule has 0 spiro atoms. The van der Waals surface area contributed by atoms with Crippen LogP contribution in [0.4, 0.5) is 0 Å². The normalized spacial score (nSPS) is 28.6. The molecule has 1 rings (SSSR count). The maximum atomic E-state index is 10.4. The number of halogens is 1. The molecule has 1 aliphatic carbocycles. The summed E-state index contributed by atoms with van der Waals surface area (Å²) < 4.78 is 6.47. The molecule has 1 fully saturated rings. The van der Waals surface area contributed by atoms with Crippen LogP contribution in [-0.4, -0.2) is 21.8 Å². The number of aliphatic carboxylic acids is 1. The summed E-state index contributed by atoms with van der Waals surface area (Å²) in [7, 11) is 0. The molecule has 0 saturated heterocycles. The fraction of sp³-hybridized carbons (Fsp3) is 0.857. The van der Waals surface area contributed by atoms with Crippen LogP contribution in [0.15, 0.2) is 0 Å². The van der Waals surface area contributed by atoms with Gasteiger partial charge in [-0.1, -0.05) is 0 Å². The molecule has 0 aromatic carbocycles. The minimum atomic E-state index is -0.660. The number of carbonyl (C=O) groups is 1. The fourth-order valence-corrected chi connectivity index (χ4v) is 1.37. The molecule has 1 aliphatic rings. The predicted molar refractivity (Wildman–Crippen MR) is 45.6 cm³/mol. The molecule has 0 amide bonds. The molecule has 4 N–H and O–H groups in total. The number of hydrogen-bond acceptors (Lipinski definition) is 3. The standard InChI is InChI=1S/C7H13NO2.ClHO/c8-6-3-1-5(2-4-6)7(9)10;1-2/h5-6H,1-4,8H2,(H,9,10);2H/t5-,6-;. The van der Waals surface area contributed by atoms with E-state index in [1.165, 1.54) is 0 Å². The summed E-state index contributed by atoms with van der Waals surface area (Å²) in [5, 5.41) is 8.58. The van der Waals surface area contributed by atoms with Crippen molar-refractivity contribution in [3.8, 4) is 0 Å². The largest absolute Gasteiger partial charge is 0.481 e. The van der Waals surface area contributed by atoms with E-state index in [1.54, 1.807) is 0 Å². The quantitative estimate of drug-likeness (QED) is 0.576. The van der Waals surface area contributed by atoms with E-state index in [4.69, 9.17) is 15.5 Å². The number of hydrogen-bond donors (Lipinski definition) is 3. The van der Waals surface area contributed by atoms with E-state index in [0.717, 1.165) is 25.7 Å². The van der Waals surface area contributed by atoms with E-state index in [-0.39, 0.29) is 12.0 Å². The van der Waals surface area contributed by atoms with Crippen molar-refractivity contribution in [1.29, 1.82) is 0 Å². The van der Waals surface area contributed by atoms with Crippen molar-refractivity contribution in [3.05, 3.63) is 0 Å². The number of carboxylic acid groups (broad SMARTS) is 1. The van der Waals surface area contributed by atoms with Crippen LogP contribution in [0.5, 0.6) is 0 Å². The SMILES string of the molecule is N[C@H]1CC[C@H](C(=O)O)CC1.OCl. The van der Waals surface area contributed by atoms with E-state index < -0.39 is 5.97 Å². The van der Waals surface area contributed by atoms with Gasteiger partial charge in [0, 0.05) is 6.04 Å². The summed E-state index contributed by atoms with van der Waals surface area (Å²) in [6.07, 6.45) is 3.26. The first kappa shape index (κ1) is 11.7. The number of carboxylic acids is 1. The third kappa shape index (κ3) is 3.90. The molecule has 4 nitrogen and oxygen atoms in total. The summed E-state index contributed by atoms with van der Waals surface area (Å²) in [6, 6.07) is 0.246. The molecule has 0 bridgehead atoms. The Morgan fingerprint density at radius 3 is 2.00 bits per heavy atom. The molecular formula is C7H14ClNO3. The van der Waals surface area contributed by atoms with Gasteiger partial charge in [-0.3, -0.25) is 9.45 Å². The molecule has 12 heavy (non-hydrogen) atoms. The van der Waals surface area contributed by atoms with Crippen molar-refractivity contribution in [3.63, 3.8) is 0 Å². The third-order valence-corrected chi connectivity index (χ3v) is 2.12. The van der Waals surface area contributed by atoms with Crippen LogP contribution in [0.25, 0.3) is 0 Å². The van der Waals surface area contributed by atoms with Crippen LogP contribution in [0.3, 0.4) is 0 Å². The van der Waals surface area contributed by atoms with Crippen LogP contribution in [-0.2, 0) is 4.79 Å². The topological polar surface area (TPSA) is 83.6 Å². The highest BCUT2D eigenvalue weighted by molar-refractivity contribution is 6.04. The summed E-state index contributed by atoms with van der Waals surface area (Å²) >= 11 is 3.64. The highest BCUT2D eigenvalue weighted by atomic mass is 35.5. The molecule has 0 heterocycles. The Hall–Kier alpha value is -0.320. The van der Waals surface area contributed by atoms with Gasteiger partial charge >= 0.3 is 5.97 Å². The van der Waals surface area contributed by atoms with Crippen molar-refractivity contribution in [2.45, 2.75) is 31.7 Å². The van der Waals surface area contributed by atoms with Crippen LogP contribution in [0.1, 0.15) is 25.7 Å². The Balaban J connectivity index is 0.000000561. The van der Waals surface area contributed by atoms with E-state index >= 15 is 0 Å². The van der Waals surface area contributed by atoms with E-state index in [2.05, 4.69) is 11.9 Å². The monoisotopic (exact) mass is 195 g/mol. The highest BCUT2D eigenvalue weighted by Crippen LogP contribution is 2.22. The first-order chi connectivity index (χ1) is 5.70. The molecule has 0 aromatic heterocycles. The lowest BCUT2D eigenvalue weighted by atomic mass is 9.87. The summed E-state index contributed by atoms with van der Waals surface area (Å²) in [6.45, 7) is 0. The summed E-state index contributed by atoms with van der Waals surface area (Å²) in [5.74, 6) is -0.785. The van der Waals surface area contributed by atoms with Crippen LogP contribution >= 0.6 is 11.9 Å². The van der Waals surface area contributed by atoms with Crippen LogP contribution in [0.2, 0.25) is 0 Å². The van der Waals surface area contributed by atoms with Gasteiger partial charge in [-0.05, 0) is 25.7 Å². The maximum Gasteiger partial charge on any atom is 0.306 e. The molecule has 0 aliphatic heterocycles. The molecule has 1 saturated carbocycles. The van der Waals surface area contributed by atoms with Crippen molar-refractivity contribution < 1.29 is 14.6 Å². The second-order valence-corrected chi connectivity index (χ2v) is 2.95. The lowest BCUT2D eigenvalue weighted by molar-refractivity contribution is -0.142. The Bertz CT molecular complexity index is 135. The zero-order valence-electron chi connectivity index (χ0n) is 6.74. The van der Waals surface area contributed by atoms with Gasteiger partial charge in [-0.2, -0.15) is 0 Å². The molecule has 5 heteroatoms. The highest BCUT2D eigenvalue weighted by Gasteiger charge is 2.23. The van der Waals surface area contributed by atoms with E-state index in [0.29, 0.717) is 0 Å². The first-order valence-electron chi connectivity index (χ1n) is 3.85. The van der Waals surface area contributed by atoms with Gasteiger partial charge < -0.3 is 10.8 Å². The molecule has 0 unspecified atom stereocenters. The van der Waals surface area contributed by atoms with Crippen molar-refractivity contribution in [1.82, 2.24) is 0 Å². The average molecular weight is 196 g/mol. The smallest absolute Gasteiger partial charge is 0.306 e. The Morgan fingerprint density at radius 2 is 1.67 bits per heavy atom. The molecule has 72 valence electrons. The maximum absolute atomic E-state index is 10.4. The lowest BCUT2D eigenvalue weighted by Gasteiger charge is -2.22. The number of rotatable bonds is 1. The number of nitrogens with two attached hydrogens (primary N) is 1. The zero-order chi connectivity index (χ0) is 9.56. The Labute approximate surface area is 76.5 Å². The zero-order valence-corrected chi connectivity index (χ0v) is 7.50. The van der Waals surface area contributed by atoms with Gasteiger partial charge in [0.1, 0.15) is 0 Å². The average Bonchev–Trinajstić information content (AvgIpc) is 2.09. The molecule has 0 atom stereocenters. The first-order valence-corrected chi connectivity index (χ1v) is 4.19. The molecule has 0 aromatic rings. The minimum Gasteiger partial charge on any atom is -0.481 e. The Morgan fingerprint density at radius 1 is 1.25 bits per heavy atom. The molecular weight excluding hydrogens is 182 g/mol. The van der Waals surface area contributed by atoms with Gasteiger partial charge in [0.05, 0.1) is 17.8 Å². The second kappa shape index (κ2) is 6.22. The van der Waals surface area contributed by atoms with Crippen molar-refractivity contribution in [2.75, 3.05) is 0 Å². The Kier molecular flexibility index (Phi) is 6.06. The van der Waals surface area contributed by atoms with Gasteiger partial charge in [-0.15, -0.1) is 0 Å². The summed E-state index contributed by atoms with van der Waals surface area (Å²) in [5.41, 5.74) is 5.60. The van der Waals surface area contributed by atoms with Crippen molar-refractivity contribution in [2.24, 2.45) is 11.7 Å². The van der Waals surface area contributed by atoms with Gasteiger partial charge in [0.2, 0.25) is 0 Å². The van der Waals surface area contributed by atoms with E-state index in [1.807, 2.05) is 0 Å². The minimum absolute atomic E-state index is 0.125. The van der Waals surface area contributed by atoms with Gasteiger partial charge in [0.15, 0.2) is 0 Å². The van der Waals surface area contributed by atoms with Crippen LogP contribution in [0, 0.1) is 5.92 Å². The third-order valence-electron chi connectivity index (χ3n) is 2.12. The van der Waals surface area contributed by atoms with Crippen LogP contribution < -0.4 is 5.73 Å². The van der Waals surface area contributed by atoms with Gasteiger partial charge in [0.25, 0.3) is 0 Å². The summed E-state index contributed by atoms with van der Waals surface area (Å²) in [4.78, 5) is 10.4. The second-order valence-electron chi connectivity index (χ2n) is 2.95. The molecule has 0 radical (unpaired) electrons. The fourth-order valence-electron chi connectivity index (χ4n) is 1.37. The van der Waals surface area contributed by atoms with Gasteiger partial charge in [-0.25, -0.2) is 0 Å².